The van der Waals surface area contributed by atoms with Crippen molar-refractivity contribution in [2.75, 3.05) is 6.54 Å². The molecule has 0 aromatic heterocycles. The fourth-order valence-electron chi connectivity index (χ4n) is 1.03. The summed E-state index contributed by atoms with van der Waals surface area (Å²) >= 11 is 0. The Morgan fingerprint density at radius 3 is 2.71 bits per heavy atom. The van der Waals surface area contributed by atoms with Gasteiger partial charge in [-0.15, -0.1) is 0 Å². The summed E-state index contributed by atoms with van der Waals surface area (Å²) in [6.07, 6.45) is 4.27. The van der Waals surface area contributed by atoms with E-state index < -0.39 is 0 Å². The summed E-state index contributed by atoms with van der Waals surface area (Å²) in [6, 6.07) is 7.21. The van der Waals surface area contributed by atoms with Crippen molar-refractivity contribution in [3.05, 3.63) is 51.9 Å². The maximum absolute atomic E-state index is 10.6. The Kier molecular flexibility index (Phi) is 3.98. The lowest BCUT2D eigenvalue weighted by Gasteiger charge is -1.95. The predicted octanol–water partition coefficient (Wildman–Crippen LogP) is 2.82. The van der Waals surface area contributed by atoms with Crippen LogP contribution >= 0.6 is 0 Å². The van der Waals surface area contributed by atoms with Crippen LogP contribution in [0.15, 0.2) is 35.5 Å². The van der Waals surface area contributed by atoms with Gasteiger partial charge in [-0.25, -0.2) is 0 Å². The Morgan fingerprint density at radius 1 is 1.36 bits per heavy atom. The first-order valence-electron chi connectivity index (χ1n) is 4.10. The van der Waals surface area contributed by atoms with Crippen LogP contribution in [-0.2, 0) is 0 Å². The maximum Gasteiger partial charge on any atom is 0.150 e. The molecule has 0 fully saturated rings. The average molecular weight is 187 g/mol. The number of benzene rings is 1. The summed E-state index contributed by atoms with van der Waals surface area (Å²) in [5, 5.41) is 3.35. The van der Waals surface area contributed by atoms with Crippen LogP contribution in [0.1, 0.15) is 15.9 Å². The molecule has 0 bridgehead atoms. The Balaban J connectivity index is 2.79. The molecule has 0 aliphatic carbocycles. The second-order valence-electron chi connectivity index (χ2n) is 2.56. The van der Waals surface area contributed by atoms with Gasteiger partial charge in [0.1, 0.15) is 0 Å². The zero-order valence-corrected chi connectivity index (χ0v) is 7.50. The second-order valence-corrected chi connectivity index (χ2v) is 2.56. The van der Waals surface area contributed by atoms with E-state index in [0.29, 0.717) is 12.1 Å². The van der Waals surface area contributed by atoms with Crippen LogP contribution in [0, 0.1) is 0 Å². The average Bonchev–Trinajstić information content (AvgIpc) is 2.25. The Morgan fingerprint density at radius 2 is 2.07 bits per heavy atom. The summed E-state index contributed by atoms with van der Waals surface area (Å²) in [6.45, 7) is 0.295. The normalized spacial score (nSPS) is 9.71. The number of rotatable bonds is 4. The van der Waals surface area contributed by atoms with Gasteiger partial charge in [0.2, 0.25) is 0 Å². The first kappa shape index (κ1) is 10.0. The van der Waals surface area contributed by atoms with Crippen molar-refractivity contribution in [2.24, 2.45) is 5.11 Å². The molecule has 0 aliphatic rings. The third-order valence-electron chi connectivity index (χ3n) is 1.67. The molecule has 0 unspecified atom stereocenters. The summed E-state index contributed by atoms with van der Waals surface area (Å²) in [4.78, 5) is 13.2. The van der Waals surface area contributed by atoms with E-state index in [1.807, 2.05) is 12.1 Å². The van der Waals surface area contributed by atoms with Gasteiger partial charge >= 0.3 is 0 Å². The van der Waals surface area contributed by atoms with Crippen molar-refractivity contribution in [1.29, 1.82) is 0 Å². The molecule has 70 valence electrons. The topological polar surface area (TPSA) is 65.8 Å². The molecule has 4 heteroatoms. The molecule has 0 amide bonds. The van der Waals surface area contributed by atoms with Crippen molar-refractivity contribution in [3.8, 4) is 0 Å². The predicted molar refractivity (Wildman–Crippen MR) is 54.9 cm³/mol. The lowest BCUT2D eigenvalue weighted by Crippen LogP contribution is -1.84. The van der Waals surface area contributed by atoms with E-state index in [4.69, 9.17) is 5.53 Å². The van der Waals surface area contributed by atoms with Crippen LogP contribution < -0.4 is 0 Å². The molecule has 1 rings (SSSR count). The van der Waals surface area contributed by atoms with Crippen molar-refractivity contribution >= 4 is 12.4 Å². The Hall–Kier alpha value is -2.06. The number of aldehydes is 1. The van der Waals surface area contributed by atoms with Gasteiger partial charge < -0.3 is 0 Å². The second kappa shape index (κ2) is 5.56. The molecule has 0 spiro atoms. The lowest BCUT2D eigenvalue weighted by atomic mass is 10.1. The molecule has 14 heavy (non-hydrogen) atoms. The molecule has 0 saturated carbocycles. The van der Waals surface area contributed by atoms with E-state index >= 15 is 0 Å². The first-order valence-corrected chi connectivity index (χ1v) is 4.10. The molecule has 0 aliphatic heterocycles. The fourth-order valence-corrected chi connectivity index (χ4v) is 1.03. The number of azide groups is 1. The molecule has 1 aromatic rings. The van der Waals surface area contributed by atoms with E-state index in [1.165, 1.54) is 0 Å². The molecule has 0 atom stereocenters. The van der Waals surface area contributed by atoms with E-state index in [9.17, 15) is 4.79 Å². The Bertz CT molecular complexity index is 392. The zero-order chi connectivity index (χ0) is 10.2. The molecule has 0 radical (unpaired) electrons. The van der Waals surface area contributed by atoms with Crippen LogP contribution in [0.3, 0.4) is 0 Å². The molecule has 0 saturated heterocycles. The Labute approximate surface area is 81.5 Å². The maximum atomic E-state index is 10.6. The first-order chi connectivity index (χ1) is 6.88. The van der Waals surface area contributed by atoms with Gasteiger partial charge in [-0.2, -0.15) is 0 Å². The fraction of sp³-hybridized carbons (Fsp3) is 0.100. The lowest BCUT2D eigenvalue weighted by molar-refractivity contribution is 0.112. The van der Waals surface area contributed by atoms with Gasteiger partial charge in [0, 0.05) is 17.0 Å². The van der Waals surface area contributed by atoms with Crippen LogP contribution in [-0.4, -0.2) is 12.8 Å². The van der Waals surface area contributed by atoms with E-state index in [1.54, 1.807) is 24.3 Å². The van der Waals surface area contributed by atoms with Gasteiger partial charge in [0.25, 0.3) is 0 Å². The number of carbonyl (C=O) groups is 1. The molecular weight excluding hydrogens is 178 g/mol. The highest BCUT2D eigenvalue weighted by Crippen LogP contribution is 2.07. The van der Waals surface area contributed by atoms with E-state index in [-0.39, 0.29) is 0 Å². The minimum absolute atomic E-state index is 0.295. The number of nitrogens with zero attached hydrogens (tertiary/aromatic N) is 3. The minimum atomic E-state index is 0.295. The van der Waals surface area contributed by atoms with Gasteiger partial charge in [0.05, 0.1) is 0 Å². The SMILES string of the molecule is [N-]=[N+]=NCC=Cc1ccccc1C=O. The number of carbonyl (C=O) groups excluding carboxylic acids is 1. The van der Waals surface area contributed by atoms with E-state index in [0.717, 1.165) is 11.8 Å². The summed E-state index contributed by atoms with van der Waals surface area (Å²) in [5.74, 6) is 0. The summed E-state index contributed by atoms with van der Waals surface area (Å²) < 4.78 is 0. The van der Waals surface area contributed by atoms with Gasteiger partial charge in [0.15, 0.2) is 6.29 Å². The van der Waals surface area contributed by atoms with E-state index in [2.05, 4.69) is 10.0 Å². The van der Waals surface area contributed by atoms with Crippen LogP contribution in [0.25, 0.3) is 16.5 Å². The van der Waals surface area contributed by atoms with Gasteiger partial charge in [-0.3, -0.25) is 4.79 Å². The highest BCUT2D eigenvalue weighted by molar-refractivity contribution is 5.81. The zero-order valence-electron chi connectivity index (χ0n) is 7.50. The van der Waals surface area contributed by atoms with Crippen molar-refractivity contribution in [2.45, 2.75) is 0 Å². The number of hydrogen-bond acceptors (Lipinski definition) is 2. The quantitative estimate of drug-likeness (QED) is 0.309. The molecule has 0 heterocycles. The summed E-state index contributed by atoms with van der Waals surface area (Å²) in [7, 11) is 0. The number of hydrogen-bond donors (Lipinski definition) is 0. The van der Waals surface area contributed by atoms with Crippen LogP contribution in [0.4, 0.5) is 0 Å². The highest BCUT2D eigenvalue weighted by atomic mass is 16.1. The van der Waals surface area contributed by atoms with Crippen molar-refractivity contribution in [1.82, 2.24) is 0 Å². The molecule has 0 N–H and O–H groups in total. The molecular formula is C10H9N3O. The smallest absolute Gasteiger partial charge is 0.150 e. The minimum Gasteiger partial charge on any atom is -0.298 e. The van der Waals surface area contributed by atoms with Gasteiger partial charge in [-0.05, 0) is 11.1 Å². The summed E-state index contributed by atoms with van der Waals surface area (Å²) in [5.41, 5.74) is 9.49. The largest absolute Gasteiger partial charge is 0.298 e. The van der Waals surface area contributed by atoms with Crippen molar-refractivity contribution in [3.63, 3.8) is 0 Å². The third kappa shape index (κ3) is 2.77. The van der Waals surface area contributed by atoms with Crippen LogP contribution in [0.2, 0.25) is 0 Å². The third-order valence-corrected chi connectivity index (χ3v) is 1.67. The standard InChI is InChI=1S/C10H9N3O/c11-13-12-7-3-6-9-4-1-2-5-10(9)8-14/h1-6,8H,7H2. The monoisotopic (exact) mass is 187 g/mol. The van der Waals surface area contributed by atoms with Gasteiger partial charge in [-0.1, -0.05) is 41.5 Å². The molecule has 1 aromatic carbocycles. The molecule has 4 nitrogen and oxygen atoms in total. The highest BCUT2D eigenvalue weighted by Gasteiger charge is 1.94. The van der Waals surface area contributed by atoms with Crippen LogP contribution in [0.5, 0.6) is 0 Å². The van der Waals surface area contributed by atoms with Crippen molar-refractivity contribution < 1.29 is 4.79 Å².